The lowest BCUT2D eigenvalue weighted by Gasteiger charge is -2.19. The molecule has 0 unspecified atom stereocenters. The third-order valence-electron chi connectivity index (χ3n) is 4.81. The topological polar surface area (TPSA) is 110 Å². The molecule has 28 heavy (non-hydrogen) atoms. The van der Waals surface area contributed by atoms with Crippen molar-refractivity contribution < 1.29 is 19.2 Å². The highest BCUT2D eigenvalue weighted by atomic mass is 32.2. The molecule has 0 spiro atoms. The van der Waals surface area contributed by atoms with E-state index < -0.39 is 11.9 Å². The smallest absolute Gasteiger partial charge is 0.266 e. The Bertz CT molecular complexity index is 987. The molecule has 3 heterocycles. The van der Waals surface area contributed by atoms with E-state index in [1.54, 1.807) is 29.2 Å². The van der Waals surface area contributed by atoms with Crippen molar-refractivity contribution in [3.05, 3.63) is 46.3 Å². The zero-order valence-electron chi connectivity index (χ0n) is 14.8. The molecule has 3 N–H and O–H groups in total. The van der Waals surface area contributed by atoms with E-state index >= 15 is 0 Å². The van der Waals surface area contributed by atoms with Gasteiger partial charge in [0.15, 0.2) is 5.78 Å². The number of hydrogen-bond acceptors (Lipinski definition) is 6. The van der Waals surface area contributed by atoms with E-state index in [0.717, 1.165) is 29.5 Å². The quantitative estimate of drug-likeness (QED) is 0.576. The van der Waals surface area contributed by atoms with E-state index in [9.17, 15) is 19.2 Å². The molecule has 0 saturated carbocycles. The molecule has 9 heteroatoms. The molecule has 1 aromatic carbocycles. The maximum atomic E-state index is 12.9. The number of nitrogens with two attached hydrogens (primary N) is 1. The van der Waals surface area contributed by atoms with Gasteiger partial charge < -0.3 is 16.0 Å². The van der Waals surface area contributed by atoms with Crippen molar-refractivity contribution in [1.82, 2.24) is 4.90 Å². The summed E-state index contributed by atoms with van der Waals surface area (Å²) >= 11 is 2.26. The Kier molecular flexibility index (Phi) is 4.94. The summed E-state index contributed by atoms with van der Waals surface area (Å²) in [6.45, 7) is 0.509. The first-order valence-corrected chi connectivity index (χ1v) is 10.6. The zero-order chi connectivity index (χ0) is 19.8. The lowest BCUT2D eigenvalue weighted by molar-refractivity contribution is -0.119. The maximum absolute atomic E-state index is 12.9. The Morgan fingerprint density at radius 2 is 2.00 bits per heavy atom. The number of carbonyl (C=O) groups is 4. The summed E-state index contributed by atoms with van der Waals surface area (Å²) in [5.74, 6) is -1.31. The monoisotopic (exact) mass is 415 g/mol. The summed E-state index contributed by atoms with van der Waals surface area (Å²) in [5, 5.41) is 2.72. The van der Waals surface area contributed by atoms with Gasteiger partial charge in [0.2, 0.25) is 5.91 Å². The summed E-state index contributed by atoms with van der Waals surface area (Å²) in [7, 11) is 0. The number of thiophene rings is 1. The van der Waals surface area contributed by atoms with Gasteiger partial charge in [-0.05, 0) is 12.8 Å². The molecule has 3 amide bonds. The van der Waals surface area contributed by atoms with Gasteiger partial charge in [0.25, 0.3) is 11.8 Å². The molecule has 1 atom stereocenters. The van der Waals surface area contributed by atoms with E-state index in [1.165, 1.54) is 0 Å². The Hall–Kier alpha value is -2.65. The highest BCUT2D eigenvalue weighted by Crippen LogP contribution is 2.43. The standard InChI is InChI=1S/C19H17N3O4S2/c20-16(24)13-14-15(18(26)22-8-4-7-11(22)17(25)21-14)28-19(13)27-9-12(23)10-5-2-1-3-6-10/h1-3,5-6,11H,4,7-9H2,(H2,20,24)(H,21,25)/t11-/m1/s1. The van der Waals surface area contributed by atoms with Gasteiger partial charge in [-0.15, -0.1) is 23.1 Å². The summed E-state index contributed by atoms with van der Waals surface area (Å²) in [4.78, 5) is 51.8. The van der Waals surface area contributed by atoms with Crippen LogP contribution in [0.5, 0.6) is 0 Å². The summed E-state index contributed by atoms with van der Waals surface area (Å²) < 4.78 is 0.466. The molecule has 0 radical (unpaired) electrons. The molecule has 7 nitrogen and oxygen atoms in total. The minimum Gasteiger partial charge on any atom is -0.365 e. The number of Topliss-reactive ketones (excluding diaryl/α,β-unsaturated/α-hetero) is 1. The highest BCUT2D eigenvalue weighted by molar-refractivity contribution is 8.01. The molecule has 2 aliphatic rings. The van der Waals surface area contributed by atoms with Crippen molar-refractivity contribution in [1.29, 1.82) is 0 Å². The van der Waals surface area contributed by atoms with E-state index in [-0.39, 0.29) is 34.6 Å². The van der Waals surface area contributed by atoms with Gasteiger partial charge in [-0.3, -0.25) is 19.2 Å². The Labute approximate surface area is 169 Å². The largest absolute Gasteiger partial charge is 0.365 e. The number of amides is 3. The van der Waals surface area contributed by atoms with Crippen LogP contribution < -0.4 is 11.1 Å². The van der Waals surface area contributed by atoms with E-state index in [4.69, 9.17) is 5.73 Å². The molecule has 2 aliphatic heterocycles. The normalized spacial score (nSPS) is 18.3. The number of carbonyl (C=O) groups excluding carboxylic acids is 4. The van der Waals surface area contributed by atoms with Crippen LogP contribution in [0, 0.1) is 0 Å². The molecular formula is C19H17N3O4S2. The summed E-state index contributed by atoms with van der Waals surface area (Å²) in [6.07, 6.45) is 1.37. The van der Waals surface area contributed by atoms with Gasteiger partial charge in [0.1, 0.15) is 10.9 Å². The third kappa shape index (κ3) is 3.20. The van der Waals surface area contributed by atoms with Crippen LogP contribution in [0.4, 0.5) is 5.69 Å². The zero-order valence-corrected chi connectivity index (χ0v) is 16.4. The van der Waals surface area contributed by atoms with Crippen molar-refractivity contribution in [2.75, 3.05) is 17.6 Å². The lowest BCUT2D eigenvalue weighted by Crippen LogP contribution is -2.40. The molecule has 1 saturated heterocycles. The van der Waals surface area contributed by atoms with Crippen molar-refractivity contribution in [3.63, 3.8) is 0 Å². The second kappa shape index (κ2) is 7.40. The van der Waals surface area contributed by atoms with Crippen LogP contribution in [0.2, 0.25) is 0 Å². The van der Waals surface area contributed by atoms with Crippen LogP contribution in [-0.4, -0.2) is 46.7 Å². The molecule has 1 aromatic heterocycles. The number of benzene rings is 1. The number of nitrogens with one attached hydrogen (secondary N) is 1. The van der Waals surface area contributed by atoms with Gasteiger partial charge in [-0.25, -0.2) is 0 Å². The fourth-order valence-corrected chi connectivity index (χ4v) is 5.85. The van der Waals surface area contributed by atoms with Crippen LogP contribution in [0.1, 0.15) is 43.2 Å². The van der Waals surface area contributed by atoms with Crippen LogP contribution >= 0.6 is 23.1 Å². The molecule has 4 rings (SSSR count). The Balaban J connectivity index is 1.65. The van der Waals surface area contributed by atoms with Crippen LogP contribution in [0.15, 0.2) is 34.5 Å². The summed E-state index contributed by atoms with van der Waals surface area (Å²) in [6, 6.07) is 8.31. The van der Waals surface area contributed by atoms with Gasteiger partial charge in [0.05, 0.1) is 21.2 Å². The molecule has 144 valence electrons. The number of thioether (sulfide) groups is 1. The van der Waals surface area contributed by atoms with E-state index in [0.29, 0.717) is 27.6 Å². The summed E-state index contributed by atoms with van der Waals surface area (Å²) in [5.41, 5.74) is 6.40. The van der Waals surface area contributed by atoms with Crippen molar-refractivity contribution in [3.8, 4) is 0 Å². The SMILES string of the molecule is NC(=O)c1c(SCC(=O)c2ccccc2)sc2c1NC(=O)[C@H]1CCCN1C2=O. The first-order valence-electron chi connectivity index (χ1n) is 8.77. The molecule has 2 aromatic rings. The predicted octanol–water partition coefficient (Wildman–Crippen LogP) is 2.38. The van der Waals surface area contributed by atoms with Gasteiger partial charge in [-0.2, -0.15) is 0 Å². The maximum Gasteiger partial charge on any atom is 0.266 e. The number of fused-ring (bicyclic) bond motifs is 2. The van der Waals surface area contributed by atoms with E-state index in [2.05, 4.69) is 5.32 Å². The number of hydrogen-bond donors (Lipinski definition) is 2. The van der Waals surface area contributed by atoms with Gasteiger partial charge >= 0.3 is 0 Å². The number of ketones is 1. The molecular weight excluding hydrogens is 398 g/mol. The first kappa shape index (κ1) is 18.7. The lowest BCUT2D eigenvalue weighted by atomic mass is 10.2. The highest BCUT2D eigenvalue weighted by Gasteiger charge is 2.41. The molecule has 0 aliphatic carbocycles. The van der Waals surface area contributed by atoms with Gasteiger partial charge in [0, 0.05) is 12.1 Å². The van der Waals surface area contributed by atoms with Crippen LogP contribution in [0.3, 0.4) is 0 Å². The number of anilines is 1. The number of primary amides is 1. The van der Waals surface area contributed by atoms with Crippen molar-refractivity contribution in [2.45, 2.75) is 23.1 Å². The molecule has 0 bridgehead atoms. The first-order chi connectivity index (χ1) is 13.5. The third-order valence-corrected chi connectivity index (χ3v) is 7.26. The second-order valence-corrected chi connectivity index (χ2v) is 8.82. The minimum atomic E-state index is -0.734. The van der Waals surface area contributed by atoms with E-state index in [1.807, 2.05) is 6.07 Å². The van der Waals surface area contributed by atoms with Crippen molar-refractivity contribution >= 4 is 52.3 Å². The average molecular weight is 415 g/mol. The minimum absolute atomic E-state index is 0.0954. The Morgan fingerprint density at radius 3 is 2.71 bits per heavy atom. The average Bonchev–Trinajstić information content (AvgIpc) is 3.29. The van der Waals surface area contributed by atoms with Crippen LogP contribution in [0.25, 0.3) is 0 Å². The predicted molar refractivity (Wildman–Crippen MR) is 107 cm³/mol. The fourth-order valence-electron chi connectivity index (χ4n) is 3.46. The number of rotatable bonds is 5. The number of nitrogens with zero attached hydrogens (tertiary/aromatic N) is 1. The van der Waals surface area contributed by atoms with Crippen molar-refractivity contribution in [2.24, 2.45) is 5.73 Å². The molecule has 1 fully saturated rings. The van der Waals surface area contributed by atoms with Gasteiger partial charge in [-0.1, -0.05) is 30.3 Å². The van der Waals surface area contributed by atoms with Crippen LogP contribution in [-0.2, 0) is 4.79 Å². The Morgan fingerprint density at radius 1 is 1.25 bits per heavy atom. The fraction of sp³-hybridized carbons (Fsp3) is 0.263. The second-order valence-electron chi connectivity index (χ2n) is 6.56.